The summed E-state index contributed by atoms with van der Waals surface area (Å²) in [5.41, 5.74) is 2.43. The minimum absolute atomic E-state index is 0.0677. The summed E-state index contributed by atoms with van der Waals surface area (Å²) in [4.78, 5) is 22.2. The van der Waals surface area contributed by atoms with Gasteiger partial charge in [-0.2, -0.15) is 0 Å². The highest BCUT2D eigenvalue weighted by Crippen LogP contribution is 2.54. The standard InChI is InChI=1S/C19H15ClN2O4/c20-14-8-9-15(22(25)26)16-12-2-1-3-13(12)17(21-18(14)16)10-4-6-11(7-5-10)19(23)24/h1-2,4-9,12-13,17,21H,3H2,(H,23,24)/t12-,13-,17+/m1/s1. The van der Waals surface area contributed by atoms with Gasteiger partial charge < -0.3 is 10.4 Å². The molecule has 2 aromatic rings. The Bertz CT molecular complexity index is 939. The third kappa shape index (κ3) is 2.54. The number of carboxylic acids is 1. The van der Waals surface area contributed by atoms with Crippen LogP contribution in [0.5, 0.6) is 0 Å². The summed E-state index contributed by atoms with van der Waals surface area (Å²) in [6, 6.07) is 9.59. The monoisotopic (exact) mass is 370 g/mol. The van der Waals surface area contributed by atoms with E-state index in [1.54, 1.807) is 24.3 Å². The summed E-state index contributed by atoms with van der Waals surface area (Å²) >= 11 is 6.34. The molecule has 0 saturated carbocycles. The molecule has 0 unspecified atom stereocenters. The second kappa shape index (κ2) is 6.14. The first-order valence-electron chi connectivity index (χ1n) is 8.20. The molecule has 0 fully saturated rings. The van der Waals surface area contributed by atoms with Crippen LogP contribution >= 0.6 is 11.6 Å². The van der Waals surface area contributed by atoms with E-state index in [2.05, 4.69) is 5.32 Å². The number of fused-ring (bicyclic) bond motifs is 3. The maximum absolute atomic E-state index is 11.5. The Kier molecular flexibility index (Phi) is 3.92. The molecule has 132 valence electrons. The molecule has 6 nitrogen and oxygen atoms in total. The number of hydrogen-bond donors (Lipinski definition) is 2. The van der Waals surface area contributed by atoms with Crippen LogP contribution < -0.4 is 5.32 Å². The van der Waals surface area contributed by atoms with E-state index >= 15 is 0 Å². The van der Waals surface area contributed by atoms with Gasteiger partial charge in [0, 0.05) is 12.0 Å². The van der Waals surface area contributed by atoms with E-state index in [1.807, 2.05) is 12.2 Å². The van der Waals surface area contributed by atoms with E-state index in [4.69, 9.17) is 16.7 Å². The summed E-state index contributed by atoms with van der Waals surface area (Å²) in [6.07, 6.45) is 4.83. The zero-order chi connectivity index (χ0) is 18.4. The molecule has 0 spiro atoms. The van der Waals surface area contributed by atoms with Gasteiger partial charge in [0.15, 0.2) is 0 Å². The Hall–Kier alpha value is -2.86. The van der Waals surface area contributed by atoms with Gasteiger partial charge in [0.1, 0.15) is 0 Å². The fourth-order valence-electron chi connectivity index (χ4n) is 3.98. The van der Waals surface area contributed by atoms with Crippen molar-refractivity contribution in [3.05, 3.63) is 80.4 Å². The molecule has 2 aliphatic rings. The topological polar surface area (TPSA) is 92.5 Å². The number of aromatic carboxylic acids is 1. The average Bonchev–Trinajstić information content (AvgIpc) is 3.11. The predicted molar refractivity (Wildman–Crippen MR) is 97.9 cm³/mol. The van der Waals surface area contributed by atoms with Gasteiger partial charge >= 0.3 is 5.97 Å². The Morgan fingerprint density at radius 3 is 2.62 bits per heavy atom. The first-order valence-corrected chi connectivity index (χ1v) is 8.58. The first-order chi connectivity index (χ1) is 12.5. The molecular formula is C19H15ClN2O4. The lowest BCUT2D eigenvalue weighted by Gasteiger charge is -2.37. The van der Waals surface area contributed by atoms with Crippen molar-refractivity contribution in [1.82, 2.24) is 0 Å². The lowest BCUT2D eigenvalue weighted by molar-refractivity contribution is -0.385. The molecule has 1 aliphatic heterocycles. The molecule has 1 heterocycles. The van der Waals surface area contributed by atoms with Crippen LogP contribution in [0.1, 0.15) is 39.9 Å². The van der Waals surface area contributed by atoms with Crippen molar-refractivity contribution < 1.29 is 14.8 Å². The van der Waals surface area contributed by atoms with Crippen molar-refractivity contribution >= 4 is 28.9 Å². The van der Waals surface area contributed by atoms with Crippen LogP contribution in [0.2, 0.25) is 5.02 Å². The Labute approximate surface area is 154 Å². The molecule has 2 aromatic carbocycles. The van der Waals surface area contributed by atoms with Crippen molar-refractivity contribution in [2.45, 2.75) is 18.4 Å². The molecule has 4 rings (SSSR count). The minimum Gasteiger partial charge on any atom is -0.478 e. The lowest BCUT2D eigenvalue weighted by atomic mass is 9.76. The highest BCUT2D eigenvalue weighted by molar-refractivity contribution is 6.33. The smallest absolute Gasteiger partial charge is 0.335 e. The zero-order valence-corrected chi connectivity index (χ0v) is 14.3. The van der Waals surface area contributed by atoms with E-state index < -0.39 is 5.97 Å². The number of hydrogen-bond acceptors (Lipinski definition) is 4. The maximum atomic E-state index is 11.5. The summed E-state index contributed by atoms with van der Waals surface area (Å²) in [7, 11) is 0. The van der Waals surface area contributed by atoms with E-state index in [0.29, 0.717) is 16.3 Å². The summed E-state index contributed by atoms with van der Waals surface area (Å²) < 4.78 is 0. The van der Waals surface area contributed by atoms with Crippen molar-refractivity contribution in [2.24, 2.45) is 5.92 Å². The molecule has 0 amide bonds. The molecule has 0 aromatic heterocycles. The van der Waals surface area contributed by atoms with Gasteiger partial charge in [0.25, 0.3) is 5.69 Å². The predicted octanol–water partition coefficient (Wildman–Crippen LogP) is 4.77. The van der Waals surface area contributed by atoms with Gasteiger partial charge in [-0.25, -0.2) is 4.79 Å². The van der Waals surface area contributed by atoms with Crippen LogP contribution in [-0.4, -0.2) is 16.0 Å². The number of nitrogens with one attached hydrogen (secondary N) is 1. The molecule has 7 heteroatoms. The number of anilines is 1. The third-order valence-electron chi connectivity index (χ3n) is 5.16. The first kappa shape index (κ1) is 16.6. The fraction of sp³-hybridized carbons (Fsp3) is 0.211. The number of halogens is 1. The van der Waals surface area contributed by atoms with Crippen molar-refractivity contribution in [2.75, 3.05) is 5.32 Å². The van der Waals surface area contributed by atoms with E-state index in [1.165, 1.54) is 12.1 Å². The van der Waals surface area contributed by atoms with E-state index in [0.717, 1.165) is 12.0 Å². The summed E-state index contributed by atoms with van der Waals surface area (Å²) in [6.45, 7) is 0. The van der Waals surface area contributed by atoms with Gasteiger partial charge in [-0.1, -0.05) is 35.9 Å². The molecule has 2 N–H and O–H groups in total. The summed E-state index contributed by atoms with van der Waals surface area (Å²) in [5, 5.41) is 24.4. The molecule has 26 heavy (non-hydrogen) atoms. The number of carboxylic acid groups (broad SMARTS) is 1. The van der Waals surface area contributed by atoms with Crippen LogP contribution in [0.15, 0.2) is 48.6 Å². The molecule has 0 radical (unpaired) electrons. The number of allylic oxidation sites excluding steroid dienone is 2. The fourth-order valence-corrected chi connectivity index (χ4v) is 4.20. The Morgan fingerprint density at radius 2 is 1.96 bits per heavy atom. The van der Waals surface area contributed by atoms with Gasteiger partial charge in [0.2, 0.25) is 0 Å². The van der Waals surface area contributed by atoms with Crippen molar-refractivity contribution in [1.29, 1.82) is 0 Å². The van der Waals surface area contributed by atoms with Crippen LogP contribution in [0, 0.1) is 16.0 Å². The highest BCUT2D eigenvalue weighted by atomic mass is 35.5. The number of nitro groups is 1. The summed E-state index contributed by atoms with van der Waals surface area (Å²) in [5.74, 6) is -0.970. The number of benzene rings is 2. The average molecular weight is 371 g/mol. The normalized spacial score (nSPS) is 23.0. The molecular weight excluding hydrogens is 356 g/mol. The Balaban J connectivity index is 1.81. The van der Waals surface area contributed by atoms with Crippen LogP contribution in [0.3, 0.4) is 0 Å². The van der Waals surface area contributed by atoms with Crippen LogP contribution in [-0.2, 0) is 0 Å². The van der Waals surface area contributed by atoms with Crippen molar-refractivity contribution in [3.63, 3.8) is 0 Å². The van der Waals surface area contributed by atoms with E-state index in [9.17, 15) is 14.9 Å². The number of rotatable bonds is 3. The third-order valence-corrected chi connectivity index (χ3v) is 5.47. The Morgan fingerprint density at radius 1 is 1.23 bits per heavy atom. The largest absolute Gasteiger partial charge is 0.478 e. The van der Waals surface area contributed by atoms with Crippen LogP contribution in [0.4, 0.5) is 11.4 Å². The molecule has 0 bridgehead atoms. The van der Waals surface area contributed by atoms with Crippen LogP contribution in [0.25, 0.3) is 0 Å². The minimum atomic E-state index is -0.974. The number of nitro benzene ring substituents is 1. The molecule has 1 aliphatic carbocycles. The quantitative estimate of drug-likeness (QED) is 0.461. The van der Waals surface area contributed by atoms with Gasteiger partial charge in [0.05, 0.1) is 32.8 Å². The molecule has 3 atom stereocenters. The second-order valence-corrected chi connectivity index (χ2v) is 6.92. The van der Waals surface area contributed by atoms with Crippen molar-refractivity contribution in [3.8, 4) is 0 Å². The van der Waals surface area contributed by atoms with E-state index in [-0.39, 0.29) is 34.1 Å². The number of nitrogens with zero attached hydrogens (tertiary/aromatic N) is 1. The SMILES string of the molecule is O=C(O)c1ccc([C@@H]2Nc3c(Cl)ccc([N+](=O)[O-])c3[C@@H]3C=CC[C@H]32)cc1. The maximum Gasteiger partial charge on any atom is 0.335 e. The lowest BCUT2D eigenvalue weighted by Crippen LogP contribution is -2.29. The van der Waals surface area contributed by atoms with Gasteiger partial charge in [-0.05, 0) is 36.1 Å². The highest BCUT2D eigenvalue weighted by Gasteiger charge is 2.42. The van der Waals surface area contributed by atoms with Gasteiger partial charge in [-0.3, -0.25) is 10.1 Å². The second-order valence-electron chi connectivity index (χ2n) is 6.51. The number of carbonyl (C=O) groups is 1. The van der Waals surface area contributed by atoms with Gasteiger partial charge in [-0.15, -0.1) is 0 Å². The zero-order valence-electron chi connectivity index (χ0n) is 13.6. The molecule has 0 saturated heterocycles.